The molecule has 170 valence electrons. The molecule has 0 unspecified atom stereocenters. The summed E-state index contributed by atoms with van der Waals surface area (Å²) in [4.78, 5) is 28.0. The lowest BCUT2D eigenvalue weighted by Crippen LogP contribution is -2.53. The predicted octanol–water partition coefficient (Wildman–Crippen LogP) is 3.10. The first-order valence-corrected chi connectivity index (χ1v) is 12.1. The van der Waals surface area contributed by atoms with E-state index in [9.17, 15) is 18.0 Å². The molecule has 3 atom stereocenters. The Hall–Kier alpha value is -2.97. The van der Waals surface area contributed by atoms with Crippen LogP contribution in [0.1, 0.15) is 31.4 Å². The largest absolute Gasteiger partial charge is 0.361 e. The van der Waals surface area contributed by atoms with Gasteiger partial charge in [0.25, 0.3) is 0 Å². The van der Waals surface area contributed by atoms with Crippen molar-refractivity contribution in [3.05, 3.63) is 65.9 Å². The molecule has 2 aromatic carbocycles. The summed E-state index contributed by atoms with van der Waals surface area (Å²) in [5.41, 5.74) is 2.78. The molecule has 8 heteroatoms. The van der Waals surface area contributed by atoms with Gasteiger partial charge in [0.15, 0.2) is 0 Å². The fourth-order valence-corrected chi connectivity index (χ4v) is 4.86. The average molecular weight is 456 g/mol. The number of hydrogen-bond donors (Lipinski definition) is 3. The maximum Gasteiger partial charge on any atom is 0.241 e. The van der Waals surface area contributed by atoms with Crippen molar-refractivity contribution >= 4 is 33.1 Å². The second-order valence-corrected chi connectivity index (χ2v) is 9.83. The third-order valence-electron chi connectivity index (χ3n) is 5.72. The summed E-state index contributed by atoms with van der Waals surface area (Å²) in [6.45, 7) is 5.55. The van der Waals surface area contributed by atoms with Gasteiger partial charge in [0.2, 0.25) is 15.9 Å². The van der Waals surface area contributed by atoms with E-state index in [4.69, 9.17) is 0 Å². The second-order valence-electron chi connectivity index (χ2n) is 8.11. The van der Waals surface area contributed by atoms with Crippen LogP contribution in [0.5, 0.6) is 0 Å². The van der Waals surface area contributed by atoms with E-state index >= 15 is 0 Å². The van der Waals surface area contributed by atoms with Crippen LogP contribution in [0.2, 0.25) is 0 Å². The third-order valence-corrected chi connectivity index (χ3v) is 7.17. The minimum atomic E-state index is -3.90. The number of aromatic nitrogens is 1. The molecule has 3 N–H and O–H groups in total. The molecule has 0 fully saturated rings. The highest BCUT2D eigenvalue weighted by Crippen LogP contribution is 2.19. The summed E-state index contributed by atoms with van der Waals surface area (Å²) in [7, 11) is -3.90. The van der Waals surface area contributed by atoms with Crippen molar-refractivity contribution in [2.45, 2.75) is 50.6 Å². The van der Waals surface area contributed by atoms with Crippen LogP contribution < -0.4 is 10.0 Å². The first-order chi connectivity index (χ1) is 15.2. The number of para-hydroxylation sites is 1. The quantitative estimate of drug-likeness (QED) is 0.408. The minimum Gasteiger partial charge on any atom is -0.361 e. The van der Waals surface area contributed by atoms with Crippen LogP contribution in [0, 0.1) is 12.8 Å². The Morgan fingerprint density at radius 3 is 2.47 bits per heavy atom. The van der Waals surface area contributed by atoms with Crippen LogP contribution in [-0.2, 0) is 26.0 Å². The monoisotopic (exact) mass is 455 g/mol. The number of benzene rings is 2. The van der Waals surface area contributed by atoms with Gasteiger partial charge in [0, 0.05) is 23.5 Å². The van der Waals surface area contributed by atoms with E-state index in [2.05, 4.69) is 15.0 Å². The maximum absolute atomic E-state index is 13.1. The fraction of sp³-hybridized carbons (Fsp3) is 0.333. The zero-order valence-electron chi connectivity index (χ0n) is 18.5. The number of fused-ring (bicyclic) bond motifs is 1. The van der Waals surface area contributed by atoms with Crippen molar-refractivity contribution in [3.8, 4) is 0 Å². The van der Waals surface area contributed by atoms with Crippen molar-refractivity contribution in [2.75, 3.05) is 0 Å². The first-order valence-electron chi connectivity index (χ1n) is 10.6. The van der Waals surface area contributed by atoms with Gasteiger partial charge in [-0.15, -0.1) is 0 Å². The normalized spacial score (nSPS) is 14.6. The highest BCUT2D eigenvalue weighted by molar-refractivity contribution is 7.89. The highest BCUT2D eigenvalue weighted by Gasteiger charge is 2.31. The van der Waals surface area contributed by atoms with Crippen LogP contribution in [0.4, 0.5) is 0 Å². The summed E-state index contributed by atoms with van der Waals surface area (Å²) >= 11 is 0. The predicted molar refractivity (Wildman–Crippen MR) is 125 cm³/mol. The van der Waals surface area contributed by atoms with Crippen LogP contribution in [0.25, 0.3) is 10.9 Å². The fourth-order valence-electron chi connectivity index (χ4n) is 3.56. The number of carbonyl (C=O) groups is 2. The van der Waals surface area contributed by atoms with Crippen LogP contribution in [0.3, 0.4) is 0 Å². The summed E-state index contributed by atoms with van der Waals surface area (Å²) in [6.07, 6.45) is 3.39. The number of rotatable bonds is 10. The van der Waals surface area contributed by atoms with Gasteiger partial charge >= 0.3 is 0 Å². The molecule has 1 heterocycles. The third kappa shape index (κ3) is 5.44. The number of carbonyl (C=O) groups excluding carboxylic acids is 2. The zero-order valence-corrected chi connectivity index (χ0v) is 19.3. The Labute approximate surface area is 188 Å². The van der Waals surface area contributed by atoms with Gasteiger partial charge in [-0.05, 0) is 36.6 Å². The molecule has 0 radical (unpaired) electrons. The first kappa shape index (κ1) is 23.7. The number of aryl methyl sites for hydroxylation is 1. The van der Waals surface area contributed by atoms with E-state index in [-0.39, 0.29) is 10.8 Å². The summed E-state index contributed by atoms with van der Waals surface area (Å²) in [5, 5.41) is 3.70. The number of sulfonamides is 1. The van der Waals surface area contributed by atoms with Crippen LogP contribution in [0.15, 0.2) is 59.6 Å². The van der Waals surface area contributed by atoms with Gasteiger partial charge in [-0.2, -0.15) is 4.72 Å². The van der Waals surface area contributed by atoms with Gasteiger partial charge in [-0.1, -0.05) is 56.2 Å². The van der Waals surface area contributed by atoms with E-state index in [1.807, 2.05) is 44.3 Å². The minimum absolute atomic E-state index is 0.0925. The Balaban J connectivity index is 1.77. The van der Waals surface area contributed by atoms with Gasteiger partial charge in [0.05, 0.1) is 10.9 Å². The lowest BCUT2D eigenvalue weighted by molar-refractivity contribution is -0.126. The zero-order chi connectivity index (χ0) is 23.3. The molecular formula is C24H29N3O4S. The van der Waals surface area contributed by atoms with E-state index < -0.39 is 28.0 Å². The molecule has 7 nitrogen and oxygen atoms in total. The molecule has 3 aromatic rings. The van der Waals surface area contributed by atoms with E-state index in [1.165, 1.54) is 12.1 Å². The molecule has 0 spiro atoms. The van der Waals surface area contributed by atoms with Crippen molar-refractivity contribution < 1.29 is 18.0 Å². The summed E-state index contributed by atoms with van der Waals surface area (Å²) < 4.78 is 28.3. The van der Waals surface area contributed by atoms with Crippen molar-refractivity contribution in [1.82, 2.24) is 15.0 Å². The van der Waals surface area contributed by atoms with Crippen molar-refractivity contribution in [3.63, 3.8) is 0 Å². The molecule has 1 amide bonds. The lowest BCUT2D eigenvalue weighted by atomic mass is 9.98. The molecular weight excluding hydrogens is 426 g/mol. The molecule has 0 aliphatic carbocycles. The van der Waals surface area contributed by atoms with Crippen molar-refractivity contribution in [2.24, 2.45) is 5.92 Å². The summed E-state index contributed by atoms with van der Waals surface area (Å²) in [5.74, 6) is -0.789. The summed E-state index contributed by atoms with van der Waals surface area (Å²) in [6, 6.07) is 12.4. The number of H-pyrrole nitrogens is 1. The molecule has 1 aromatic heterocycles. The van der Waals surface area contributed by atoms with E-state index in [1.54, 1.807) is 19.1 Å². The average Bonchev–Trinajstić information content (AvgIpc) is 3.19. The Kier molecular flexibility index (Phi) is 7.48. The Bertz CT molecular complexity index is 1190. The van der Waals surface area contributed by atoms with Gasteiger partial charge < -0.3 is 15.1 Å². The second kappa shape index (κ2) is 10.1. The molecule has 32 heavy (non-hydrogen) atoms. The number of amides is 1. The Morgan fingerprint density at radius 1 is 1.12 bits per heavy atom. The molecule has 0 saturated carbocycles. The Morgan fingerprint density at radius 2 is 1.81 bits per heavy atom. The smallest absolute Gasteiger partial charge is 0.241 e. The molecule has 0 saturated heterocycles. The number of aldehydes is 1. The topological polar surface area (TPSA) is 108 Å². The number of nitrogens with one attached hydrogen (secondary N) is 3. The van der Waals surface area contributed by atoms with Crippen LogP contribution in [-0.4, -0.2) is 37.7 Å². The highest BCUT2D eigenvalue weighted by atomic mass is 32.2. The molecule has 0 aliphatic rings. The van der Waals surface area contributed by atoms with Gasteiger partial charge in [0.1, 0.15) is 12.3 Å². The van der Waals surface area contributed by atoms with E-state index in [0.29, 0.717) is 19.1 Å². The van der Waals surface area contributed by atoms with Crippen molar-refractivity contribution in [1.29, 1.82) is 0 Å². The molecule has 3 rings (SSSR count). The number of hydrogen-bond acceptors (Lipinski definition) is 4. The molecule has 0 bridgehead atoms. The van der Waals surface area contributed by atoms with Gasteiger partial charge in [-0.3, -0.25) is 4.79 Å². The van der Waals surface area contributed by atoms with Crippen LogP contribution >= 0.6 is 0 Å². The maximum atomic E-state index is 13.1. The lowest BCUT2D eigenvalue weighted by Gasteiger charge is -2.25. The molecule has 0 aliphatic heterocycles. The SMILES string of the molecule is CC[C@@H](C)[C@H](NS(=O)(=O)c1ccc(C)cc1)C(=O)N[C@H](C=O)Cc1c[nH]c2ccccc12. The van der Waals surface area contributed by atoms with Gasteiger partial charge in [-0.25, -0.2) is 8.42 Å². The standard InChI is InChI=1S/C24H29N3O4S/c1-4-17(3)23(27-32(30,31)20-11-9-16(2)10-12-20)24(29)26-19(15-28)13-18-14-25-22-8-6-5-7-21(18)22/h5-12,14-15,17,19,23,25,27H,4,13H2,1-3H3,(H,26,29)/t17-,19+,23+/m1/s1. The van der Waals surface area contributed by atoms with E-state index in [0.717, 1.165) is 22.0 Å². The number of aromatic amines is 1.